The smallest absolute Gasteiger partial charge is 0.225 e. The molecule has 5 nitrogen and oxygen atoms in total. The molecule has 150 valence electrons. The molecule has 0 radical (unpaired) electrons. The fourth-order valence-corrected chi connectivity index (χ4v) is 4.75. The monoisotopic (exact) mass is 381 g/mol. The Balaban J connectivity index is 1.36. The number of nitrogens with one attached hydrogen (secondary N) is 1. The largest absolute Gasteiger partial charge is 0.360 e. The highest BCUT2D eigenvalue weighted by molar-refractivity contribution is 6.10. The topological polar surface area (TPSA) is 56.4 Å². The molecule has 1 atom stereocenters. The number of benzene rings is 1. The molecule has 2 saturated heterocycles. The summed E-state index contributed by atoms with van der Waals surface area (Å²) in [5, 5.41) is 0.991. The van der Waals surface area contributed by atoms with Crippen LogP contribution in [0, 0.1) is 5.92 Å². The molecule has 1 unspecified atom stereocenters. The van der Waals surface area contributed by atoms with Gasteiger partial charge in [0, 0.05) is 41.7 Å². The maximum Gasteiger partial charge on any atom is 0.225 e. The van der Waals surface area contributed by atoms with Gasteiger partial charge >= 0.3 is 0 Å². The van der Waals surface area contributed by atoms with E-state index in [0.717, 1.165) is 68.3 Å². The SMILES string of the molecule is CC(C(=O)c1c[nH]c2ccccc12)N1CCC(C(=O)N2CCCCCC2)CC1. The number of para-hydroxylation sites is 1. The number of aromatic amines is 1. The van der Waals surface area contributed by atoms with Crippen LogP contribution in [0.15, 0.2) is 30.5 Å². The van der Waals surface area contributed by atoms with Crippen molar-refractivity contribution in [3.63, 3.8) is 0 Å². The van der Waals surface area contributed by atoms with E-state index >= 15 is 0 Å². The van der Waals surface area contributed by atoms with E-state index in [2.05, 4.69) is 14.8 Å². The normalized spacial score (nSPS) is 20.8. The summed E-state index contributed by atoms with van der Waals surface area (Å²) < 4.78 is 0. The lowest BCUT2D eigenvalue weighted by atomic mass is 9.93. The molecule has 1 amide bonds. The lowest BCUT2D eigenvalue weighted by Gasteiger charge is -2.36. The van der Waals surface area contributed by atoms with Crippen LogP contribution in [0.2, 0.25) is 0 Å². The predicted octanol–water partition coefficient (Wildman–Crippen LogP) is 3.85. The zero-order chi connectivity index (χ0) is 19.5. The third kappa shape index (κ3) is 3.86. The molecular weight excluding hydrogens is 350 g/mol. The van der Waals surface area contributed by atoms with Crippen LogP contribution in [0.25, 0.3) is 10.9 Å². The van der Waals surface area contributed by atoms with Crippen molar-refractivity contribution >= 4 is 22.6 Å². The molecule has 2 aliphatic heterocycles. The summed E-state index contributed by atoms with van der Waals surface area (Å²) in [4.78, 5) is 33.5. The van der Waals surface area contributed by atoms with Crippen LogP contribution in [0.4, 0.5) is 0 Å². The minimum atomic E-state index is -0.159. The van der Waals surface area contributed by atoms with E-state index in [1.54, 1.807) is 0 Å². The third-order valence-corrected chi connectivity index (χ3v) is 6.58. The van der Waals surface area contributed by atoms with E-state index in [9.17, 15) is 9.59 Å². The number of carbonyl (C=O) groups is 2. The van der Waals surface area contributed by atoms with Crippen LogP contribution in [0.3, 0.4) is 0 Å². The maximum absolute atomic E-state index is 13.1. The first kappa shape index (κ1) is 19.2. The molecular formula is C23H31N3O2. The van der Waals surface area contributed by atoms with Crippen LogP contribution in [-0.4, -0.2) is 58.7 Å². The Labute approximate surface area is 167 Å². The molecule has 5 heteroatoms. The van der Waals surface area contributed by atoms with Crippen LogP contribution in [0.1, 0.15) is 55.8 Å². The quantitative estimate of drug-likeness (QED) is 0.819. The summed E-state index contributed by atoms with van der Waals surface area (Å²) in [6.07, 6.45) is 8.33. The van der Waals surface area contributed by atoms with E-state index in [-0.39, 0.29) is 17.7 Å². The lowest BCUT2D eigenvalue weighted by Crippen LogP contribution is -2.47. The number of rotatable bonds is 4. The van der Waals surface area contributed by atoms with Gasteiger partial charge in [-0.3, -0.25) is 14.5 Å². The number of hydrogen-bond acceptors (Lipinski definition) is 3. The number of H-pyrrole nitrogens is 1. The average molecular weight is 382 g/mol. The molecule has 2 aliphatic rings. The summed E-state index contributed by atoms with van der Waals surface area (Å²) in [7, 11) is 0. The minimum Gasteiger partial charge on any atom is -0.360 e. The predicted molar refractivity (Wildman–Crippen MR) is 111 cm³/mol. The van der Waals surface area contributed by atoms with Crippen molar-refractivity contribution in [2.24, 2.45) is 5.92 Å². The van der Waals surface area contributed by atoms with Gasteiger partial charge in [-0.05, 0) is 51.8 Å². The first-order chi connectivity index (χ1) is 13.6. The second-order valence-corrected chi connectivity index (χ2v) is 8.34. The highest BCUT2D eigenvalue weighted by Gasteiger charge is 2.32. The molecule has 0 aliphatic carbocycles. The van der Waals surface area contributed by atoms with E-state index in [0.29, 0.717) is 5.91 Å². The number of amides is 1. The third-order valence-electron chi connectivity index (χ3n) is 6.58. The molecule has 0 spiro atoms. The van der Waals surface area contributed by atoms with Gasteiger partial charge in [-0.15, -0.1) is 0 Å². The average Bonchev–Trinajstić information content (AvgIpc) is 2.98. The van der Waals surface area contributed by atoms with Gasteiger partial charge < -0.3 is 9.88 Å². The van der Waals surface area contributed by atoms with Gasteiger partial charge in [0.25, 0.3) is 0 Å². The Morgan fingerprint density at radius 2 is 1.68 bits per heavy atom. The number of likely N-dealkylation sites (tertiary alicyclic amines) is 2. The van der Waals surface area contributed by atoms with Crippen molar-refractivity contribution in [1.82, 2.24) is 14.8 Å². The number of piperidine rings is 1. The van der Waals surface area contributed by atoms with Gasteiger partial charge in [-0.2, -0.15) is 0 Å². The number of Topliss-reactive ketones (excluding diaryl/α,β-unsaturated/α-hetero) is 1. The Kier molecular flexibility index (Phi) is 5.81. The van der Waals surface area contributed by atoms with Gasteiger partial charge in [-0.1, -0.05) is 31.0 Å². The van der Waals surface area contributed by atoms with Gasteiger partial charge in [0.15, 0.2) is 5.78 Å². The molecule has 4 rings (SSSR count). The van der Waals surface area contributed by atoms with E-state index in [1.165, 1.54) is 12.8 Å². The van der Waals surface area contributed by atoms with Crippen LogP contribution < -0.4 is 0 Å². The molecule has 0 bridgehead atoms. The van der Waals surface area contributed by atoms with Crippen molar-refractivity contribution in [2.75, 3.05) is 26.2 Å². The van der Waals surface area contributed by atoms with E-state index in [4.69, 9.17) is 0 Å². The summed E-state index contributed by atoms with van der Waals surface area (Å²) in [5.41, 5.74) is 1.77. The zero-order valence-corrected chi connectivity index (χ0v) is 16.8. The second kappa shape index (κ2) is 8.48. The van der Waals surface area contributed by atoms with Crippen molar-refractivity contribution < 1.29 is 9.59 Å². The van der Waals surface area contributed by atoms with Crippen LogP contribution in [-0.2, 0) is 4.79 Å². The molecule has 0 saturated carbocycles. The molecule has 1 aromatic carbocycles. The van der Waals surface area contributed by atoms with Crippen molar-refractivity contribution in [1.29, 1.82) is 0 Å². The maximum atomic E-state index is 13.1. The summed E-state index contributed by atoms with van der Waals surface area (Å²) >= 11 is 0. The number of nitrogens with zero attached hydrogens (tertiary/aromatic N) is 2. The Hall–Kier alpha value is -2.14. The Morgan fingerprint density at radius 3 is 2.39 bits per heavy atom. The number of hydrogen-bond donors (Lipinski definition) is 1. The van der Waals surface area contributed by atoms with E-state index in [1.807, 2.05) is 37.4 Å². The Bertz CT molecular complexity index is 827. The first-order valence-corrected chi connectivity index (χ1v) is 10.8. The standard InChI is InChI=1S/C23H31N3O2/c1-17(22(27)20-16-24-21-9-5-4-8-19(20)21)25-14-10-18(11-15-25)23(28)26-12-6-2-3-7-13-26/h4-5,8-9,16-18,24H,2-3,6-7,10-15H2,1H3. The number of ketones is 1. The fourth-order valence-electron chi connectivity index (χ4n) is 4.75. The highest BCUT2D eigenvalue weighted by atomic mass is 16.2. The molecule has 2 fully saturated rings. The van der Waals surface area contributed by atoms with Gasteiger partial charge in [0.2, 0.25) is 5.91 Å². The second-order valence-electron chi connectivity index (χ2n) is 8.34. The molecule has 2 aromatic rings. The number of fused-ring (bicyclic) bond motifs is 1. The zero-order valence-electron chi connectivity index (χ0n) is 16.8. The van der Waals surface area contributed by atoms with Crippen molar-refractivity contribution in [3.05, 3.63) is 36.0 Å². The summed E-state index contributed by atoms with van der Waals surface area (Å²) in [6.45, 7) is 5.49. The molecule has 28 heavy (non-hydrogen) atoms. The Morgan fingerprint density at radius 1 is 1.00 bits per heavy atom. The van der Waals surface area contributed by atoms with Crippen molar-refractivity contribution in [2.45, 2.75) is 51.5 Å². The first-order valence-electron chi connectivity index (χ1n) is 10.8. The van der Waals surface area contributed by atoms with Gasteiger partial charge in [0.1, 0.15) is 0 Å². The summed E-state index contributed by atoms with van der Waals surface area (Å²) in [5.74, 6) is 0.636. The number of aromatic nitrogens is 1. The molecule has 3 heterocycles. The van der Waals surface area contributed by atoms with Gasteiger partial charge in [0.05, 0.1) is 6.04 Å². The number of carbonyl (C=O) groups excluding carboxylic acids is 2. The van der Waals surface area contributed by atoms with Crippen LogP contribution in [0.5, 0.6) is 0 Å². The van der Waals surface area contributed by atoms with E-state index < -0.39 is 0 Å². The molecule has 1 N–H and O–H groups in total. The minimum absolute atomic E-state index is 0.129. The molecule has 1 aromatic heterocycles. The fraction of sp³-hybridized carbons (Fsp3) is 0.565. The summed E-state index contributed by atoms with van der Waals surface area (Å²) in [6, 6.07) is 7.78. The van der Waals surface area contributed by atoms with Crippen LogP contribution >= 0.6 is 0 Å². The van der Waals surface area contributed by atoms with Crippen molar-refractivity contribution in [3.8, 4) is 0 Å². The highest BCUT2D eigenvalue weighted by Crippen LogP contribution is 2.25. The lowest BCUT2D eigenvalue weighted by molar-refractivity contribution is -0.137. The van der Waals surface area contributed by atoms with Gasteiger partial charge in [-0.25, -0.2) is 0 Å².